The van der Waals surface area contributed by atoms with E-state index >= 15 is 4.39 Å². The first-order valence-electron chi connectivity index (χ1n) is 14.7. The summed E-state index contributed by atoms with van der Waals surface area (Å²) in [5, 5.41) is 3.01. The van der Waals surface area contributed by atoms with E-state index in [9.17, 15) is 18.0 Å². The summed E-state index contributed by atoms with van der Waals surface area (Å²) in [6.45, 7) is 4.44. The molecule has 0 saturated carbocycles. The number of sulfonamides is 1. The molecule has 4 rings (SSSR count). The molecule has 4 aromatic rings. The minimum Gasteiger partial charge on any atom is -0.495 e. The number of rotatable bonds is 13. The summed E-state index contributed by atoms with van der Waals surface area (Å²) in [7, 11) is -2.90. The highest BCUT2D eigenvalue weighted by Crippen LogP contribution is 2.32. The van der Waals surface area contributed by atoms with Gasteiger partial charge in [-0.25, -0.2) is 12.8 Å². The van der Waals surface area contributed by atoms with Crippen LogP contribution in [0.2, 0.25) is 5.02 Å². The molecule has 1 atom stereocenters. The molecule has 0 aliphatic carbocycles. The first-order valence-corrected chi connectivity index (χ1v) is 16.5. The number of benzene rings is 4. The molecule has 0 aromatic heterocycles. The molecule has 0 aliphatic heterocycles. The van der Waals surface area contributed by atoms with Crippen molar-refractivity contribution in [2.24, 2.45) is 0 Å². The molecule has 0 fully saturated rings. The van der Waals surface area contributed by atoms with Crippen LogP contribution in [0.3, 0.4) is 0 Å². The largest absolute Gasteiger partial charge is 0.495 e. The lowest BCUT2D eigenvalue weighted by atomic mass is 10.0. The van der Waals surface area contributed by atoms with Crippen LogP contribution in [0, 0.1) is 12.7 Å². The molecular formula is C35H37ClFN3O5S. The predicted molar refractivity (Wildman–Crippen MR) is 178 cm³/mol. The van der Waals surface area contributed by atoms with Gasteiger partial charge in [-0.15, -0.1) is 0 Å². The average molecular weight is 666 g/mol. The van der Waals surface area contributed by atoms with E-state index in [0.717, 1.165) is 15.4 Å². The normalized spacial score (nSPS) is 12.0. The van der Waals surface area contributed by atoms with E-state index in [4.69, 9.17) is 16.3 Å². The molecular weight excluding hydrogens is 629 g/mol. The highest BCUT2D eigenvalue weighted by molar-refractivity contribution is 7.92. The summed E-state index contributed by atoms with van der Waals surface area (Å²) in [6, 6.07) is 24.4. The van der Waals surface area contributed by atoms with E-state index < -0.39 is 40.2 Å². The molecule has 11 heteroatoms. The maximum Gasteiger partial charge on any atom is 0.264 e. The summed E-state index contributed by atoms with van der Waals surface area (Å²) in [5.74, 6) is -1.41. The van der Waals surface area contributed by atoms with Crippen molar-refractivity contribution in [3.8, 4) is 5.75 Å². The number of methoxy groups -OCH3 is 1. The van der Waals surface area contributed by atoms with Crippen molar-refractivity contribution >= 4 is 39.1 Å². The van der Waals surface area contributed by atoms with Gasteiger partial charge < -0.3 is 15.0 Å². The number of nitrogens with zero attached hydrogens (tertiary/aromatic N) is 2. The van der Waals surface area contributed by atoms with Crippen LogP contribution in [-0.2, 0) is 32.6 Å². The number of carbonyl (C=O) groups excluding carboxylic acids is 2. The molecule has 0 saturated heterocycles. The molecule has 1 N–H and O–H groups in total. The van der Waals surface area contributed by atoms with Gasteiger partial charge in [0.25, 0.3) is 10.0 Å². The number of carbonyl (C=O) groups is 2. The van der Waals surface area contributed by atoms with Crippen LogP contribution in [0.25, 0.3) is 0 Å². The van der Waals surface area contributed by atoms with E-state index in [2.05, 4.69) is 5.32 Å². The topological polar surface area (TPSA) is 96.0 Å². The number of hydrogen-bond donors (Lipinski definition) is 1. The third-order valence-electron chi connectivity index (χ3n) is 7.31. The second-order valence-corrected chi connectivity index (χ2v) is 13.4. The van der Waals surface area contributed by atoms with Crippen molar-refractivity contribution in [1.29, 1.82) is 0 Å². The molecule has 0 aliphatic rings. The second kappa shape index (κ2) is 15.2. The Kier molecular flexibility index (Phi) is 11.4. The molecule has 0 bridgehead atoms. The SMILES string of the molecule is COc1ccc(N(CC(=O)N(Cc2ccccc2F)[C@H](Cc2ccccc2)C(=O)NC(C)C)S(=O)(=O)c2ccc(C)cc2)cc1Cl. The van der Waals surface area contributed by atoms with Crippen molar-refractivity contribution in [3.05, 3.63) is 125 Å². The summed E-state index contributed by atoms with van der Waals surface area (Å²) in [4.78, 5) is 29.4. The number of amides is 2. The van der Waals surface area contributed by atoms with Crippen molar-refractivity contribution in [2.75, 3.05) is 18.0 Å². The summed E-state index contributed by atoms with van der Waals surface area (Å²) >= 11 is 6.41. The Bertz CT molecular complexity index is 1770. The number of nitrogens with one attached hydrogen (secondary N) is 1. The zero-order chi connectivity index (χ0) is 33.4. The smallest absolute Gasteiger partial charge is 0.264 e. The minimum atomic E-state index is -4.33. The van der Waals surface area contributed by atoms with Gasteiger partial charge in [0.15, 0.2) is 0 Å². The van der Waals surface area contributed by atoms with E-state index in [1.807, 2.05) is 37.3 Å². The minimum absolute atomic E-state index is 0.0446. The van der Waals surface area contributed by atoms with E-state index in [0.29, 0.717) is 5.75 Å². The quantitative estimate of drug-likeness (QED) is 0.185. The number of aryl methyl sites for hydroxylation is 1. The number of ether oxygens (including phenoxy) is 1. The summed E-state index contributed by atoms with van der Waals surface area (Å²) < 4.78 is 49.5. The summed E-state index contributed by atoms with van der Waals surface area (Å²) in [6.07, 6.45) is 0.110. The van der Waals surface area contributed by atoms with Crippen molar-refractivity contribution in [1.82, 2.24) is 10.2 Å². The first kappa shape index (κ1) is 34.5. The number of hydrogen-bond acceptors (Lipinski definition) is 5. The van der Waals surface area contributed by atoms with Gasteiger partial charge in [0.05, 0.1) is 22.7 Å². The van der Waals surface area contributed by atoms with Gasteiger partial charge in [-0.3, -0.25) is 13.9 Å². The maximum absolute atomic E-state index is 15.0. The van der Waals surface area contributed by atoms with Gasteiger partial charge in [-0.05, 0) is 62.7 Å². The second-order valence-electron chi connectivity index (χ2n) is 11.1. The lowest BCUT2D eigenvalue weighted by molar-refractivity contribution is -0.140. The monoisotopic (exact) mass is 665 g/mol. The van der Waals surface area contributed by atoms with E-state index in [1.165, 1.54) is 60.5 Å². The fraction of sp³-hybridized carbons (Fsp3) is 0.257. The summed E-state index contributed by atoms with van der Waals surface area (Å²) in [5.41, 5.74) is 1.90. The maximum atomic E-state index is 15.0. The lowest BCUT2D eigenvalue weighted by Gasteiger charge is -2.34. The van der Waals surface area contributed by atoms with Crippen LogP contribution >= 0.6 is 11.6 Å². The Hall–Kier alpha value is -4.41. The van der Waals surface area contributed by atoms with Crippen molar-refractivity contribution < 1.29 is 27.1 Å². The Morgan fingerprint density at radius 1 is 0.935 bits per heavy atom. The molecule has 2 amide bonds. The molecule has 4 aromatic carbocycles. The molecule has 0 radical (unpaired) electrons. The van der Waals surface area contributed by atoms with Crippen LogP contribution in [0.4, 0.5) is 10.1 Å². The fourth-order valence-electron chi connectivity index (χ4n) is 4.92. The van der Waals surface area contributed by atoms with E-state index in [-0.39, 0.29) is 40.2 Å². The van der Waals surface area contributed by atoms with E-state index in [1.54, 1.807) is 32.0 Å². The Labute approximate surface area is 274 Å². The van der Waals surface area contributed by atoms with Crippen LogP contribution in [0.15, 0.2) is 102 Å². The third-order valence-corrected chi connectivity index (χ3v) is 9.40. The molecule has 242 valence electrons. The Morgan fingerprint density at radius 3 is 2.20 bits per heavy atom. The van der Waals surface area contributed by atoms with Gasteiger partial charge in [-0.1, -0.05) is 77.8 Å². The predicted octanol–water partition coefficient (Wildman–Crippen LogP) is 6.16. The molecule has 0 spiro atoms. The van der Waals surface area contributed by atoms with Crippen LogP contribution in [0.1, 0.15) is 30.5 Å². The molecule has 8 nitrogen and oxygen atoms in total. The molecule has 0 heterocycles. The van der Waals surface area contributed by atoms with Crippen molar-refractivity contribution in [3.63, 3.8) is 0 Å². The standard InChI is InChI=1S/C35H37ClFN3O5S/c1-24(2)38-35(42)32(20-26-10-6-5-7-11-26)39(22-27-12-8-9-13-31(27)37)34(41)23-40(28-16-19-33(45-4)30(36)21-28)46(43,44)29-17-14-25(3)15-18-29/h5-19,21,24,32H,20,22-23H2,1-4H3,(H,38,42)/t32-/m1/s1. The van der Waals surface area contributed by atoms with Gasteiger partial charge in [-0.2, -0.15) is 0 Å². The third kappa shape index (κ3) is 8.44. The average Bonchev–Trinajstić information content (AvgIpc) is 3.02. The van der Waals surface area contributed by atoms with Gasteiger partial charge >= 0.3 is 0 Å². The van der Waals surface area contributed by atoms with Gasteiger partial charge in [0, 0.05) is 24.6 Å². The Morgan fingerprint density at radius 2 is 1.59 bits per heavy atom. The number of halogens is 2. The van der Waals surface area contributed by atoms with Crippen molar-refractivity contribution in [2.45, 2.75) is 50.7 Å². The zero-order valence-corrected chi connectivity index (χ0v) is 27.7. The number of anilines is 1. The highest BCUT2D eigenvalue weighted by Gasteiger charge is 2.35. The molecule has 0 unspecified atom stereocenters. The van der Waals surface area contributed by atoms with Gasteiger partial charge in [0.1, 0.15) is 24.2 Å². The van der Waals surface area contributed by atoms with Crippen LogP contribution in [0.5, 0.6) is 5.75 Å². The highest BCUT2D eigenvalue weighted by atomic mass is 35.5. The fourth-order valence-corrected chi connectivity index (χ4v) is 6.58. The molecule has 46 heavy (non-hydrogen) atoms. The first-order chi connectivity index (χ1) is 21.9. The lowest BCUT2D eigenvalue weighted by Crippen LogP contribution is -2.54. The van der Waals surface area contributed by atoms with Gasteiger partial charge in [0.2, 0.25) is 11.8 Å². The van der Waals surface area contributed by atoms with Crippen LogP contribution in [-0.4, -0.2) is 50.9 Å². The Balaban J connectivity index is 1.84. The van der Waals surface area contributed by atoms with Crippen LogP contribution < -0.4 is 14.4 Å². The zero-order valence-electron chi connectivity index (χ0n) is 26.1.